The molecule has 0 unspecified atom stereocenters. The highest BCUT2D eigenvalue weighted by molar-refractivity contribution is 5.98. The van der Waals surface area contributed by atoms with Gasteiger partial charge in [-0.15, -0.1) is 0 Å². The van der Waals surface area contributed by atoms with Gasteiger partial charge in [0.2, 0.25) is 59.1 Å². The van der Waals surface area contributed by atoms with E-state index in [2.05, 4.69) is 47.5 Å². The minimum Gasteiger partial charge on any atom is -0.391 e. The molecule has 1 saturated heterocycles. The molecule has 0 radical (unpaired) electrons. The van der Waals surface area contributed by atoms with Gasteiger partial charge in [-0.2, -0.15) is 5.26 Å². The van der Waals surface area contributed by atoms with Crippen molar-refractivity contribution >= 4 is 65.0 Å². The van der Waals surface area contributed by atoms with Gasteiger partial charge in [0.1, 0.15) is 48.3 Å². The van der Waals surface area contributed by atoms with Crippen LogP contribution in [0, 0.1) is 29.1 Å². The van der Waals surface area contributed by atoms with Crippen LogP contribution in [0.1, 0.15) is 132 Å². The van der Waals surface area contributed by atoms with Crippen molar-refractivity contribution in [3.05, 3.63) is 35.4 Å². The van der Waals surface area contributed by atoms with E-state index >= 15 is 0 Å². The highest BCUT2D eigenvalue weighted by atomic mass is 16.3. The van der Waals surface area contributed by atoms with Gasteiger partial charge in [-0.05, 0) is 81.4 Å². The van der Waals surface area contributed by atoms with E-state index in [9.17, 15) is 58.3 Å². The number of nitrogens with one attached hydrogen (secondary N) is 8. The smallest absolute Gasteiger partial charge is 0.245 e. The summed E-state index contributed by atoms with van der Waals surface area (Å²) in [4.78, 5) is 144. The van der Waals surface area contributed by atoms with Crippen LogP contribution in [-0.2, 0) is 54.4 Å². The molecule has 0 saturated carbocycles. The van der Waals surface area contributed by atoms with E-state index in [0.29, 0.717) is 56.3 Å². The maximum Gasteiger partial charge on any atom is 0.245 e. The summed E-state index contributed by atoms with van der Waals surface area (Å²) in [5.41, 5.74) is 12.0. The molecule has 0 aromatic heterocycles. The molecule has 0 bridgehead atoms. The maximum atomic E-state index is 14.2. The van der Waals surface area contributed by atoms with E-state index in [1.807, 2.05) is 13.0 Å². The first-order valence-corrected chi connectivity index (χ1v) is 27.4. The number of likely N-dealkylation sites (tertiary alicyclic amines) is 1. The van der Waals surface area contributed by atoms with Crippen molar-refractivity contribution in [2.45, 2.75) is 181 Å². The second kappa shape index (κ2) is 33.8. The van der Waals surface area contributed by atoms with Crippen molar-refractivity contribution in [1.29, 1.82) is 5.26 Å². The molecule has 440 valence electrons. The Hall–Kier alpha value is -7.36. The van der Waals surface area contributed by atoms with Crippen LogP contribution in [0.25, 0.3) is 0 Å². The Kier molecular flexibility index (Phi) is 29.0. The zero-order chi connectivity index (χ0) is 59.7. The summed E-state index contributed by atoms with van der Waals surface area (Å²) in [5, 5.41) is 41.8. The Morgan fingerprint density at radius 1 is 0.722 bits per heavy atom. The average Bonchev–Trinajstić information content (AvgIpc) is 3.94. The highest BCUT2D eigenvalue weighted by Crippen LogP contribution is 2.21. The number of likely N-dealkylation sites (N-methyl/N-ethyl adjacent to an activating group) is 2. The number of nitrogens with two attached hydrogens (primary N) is 2. The SMILES string of the molecule is CCC[C@H](NC(=O)[C@@H](NC(=O)[C@H](NC(=O)[C@@H](NC(=O)[C@H](Cc1ccc(C#N)cc1)NC(=O)CN(C)C(C)=O)C(C)C)[C@H](C)CC)[C@@H](C)O)C(=O)N[C@H](C(=O)N[C@@H](CCCN=C(N)N)C(=O)N1CCC[C@H]1C(=O)NCC)[C@@H](C)CC. The summed E-state index contributed by atoms with van der Waals surface area (Å²) in [6.07, 6.45) is 1.01. The van der Waals surface area contributed by atoms with E-state index in [-0.39, 0.29) is 56.5 Å². The predicted molar refractivity (Wildman–Crippen MR) is 295 cm³/mol. The minimum atomic E-state index is -1.66. The Labute approximate surface area is 464 Å². The normalized spacial score (nSPS) is 16.8. The lowest BCUT2D eigenvalue weighted by atomic mass is 9.95. The summed E-state index contributed by atoms with van der Waals surface area (Å²) in [7, 11) is 1.42. The van der Waals surface area contributed by atoms with Gasteiger partial charge in [0.25, 0.3) is 0 Å². The maximum absolute atomic E-state index is 14.2. The van der Waals surface area contributed by atoms with E-state index in [4.69, 9.17) is 11.5 Å². The van der Waals surface area contributed by atoms with E-state index < -0.39 is 119 Å². The van der Waals surface area contributed by atoms with E-state index in [1.54, 1.807) is 72.7 Å². The highest BCUT2D eigenvalue weighted by Gasteiger charge is 2.40. The monoisotopic (exact) mass is 1110 g/mol. The molecule has 25 nitrogen and oxygen atoms in total. The van der Waals surface area contributed by atoms with Gasteiger partial charge in [-0.25, -0.2) is 0 Å². The van der Waals surface area contributed by atoms with Gasteiger partial charge in [0, 0.05) is 40.0 Å². The van der Waals surface area contributed by atoms with Gasteiger partial charge in [-0.1, -0.05) is 79.9 Å². The molecular weight excluding hydrogens is 1020 g/mol. The van der Waals surface area contributed by atoms with E-state index in [0.717, 1.165) is 4.90 Å². The number of aliphatic hydroxyl groups is 1. The molecule has 2 rings (SSSR count). The number of guanidine groups is 1. The molecular formula is C54H88N14O11. The number of hydrogen-bond acceptors (Lipinski definition) is 13. The fourth-order valence-corrected chi connectivity index (χ4v) is 8.70. The largest absolute Gasteiger partial charge is 0.391 e. The molecule has 79 heavy (non-hydrogen) atoms. The molecule has 10 amide bonds. The third-order valence-corrected chi connectivity index (χ3v) is 13.9. The quantitative estimate of drug-likeness (QED) is 0.0236. The molecule has 13 N–H and O–H groups in total. The molecule has 25 heteroatoms. The van der Waals surface area contributed by atoms with Crippen LogP contribution in [0.15, 0.2) is 29.3 Å². The number of nitriles is 1. The van der Waals surface area contributed by atoms with Crippen LogP contribution in [0.5, 0.6) is 0 Å². The lowest BCUT2D eigenvalue weighted by Gasteiger charge is -2.32. The first-order valence-electron chi connectivity index (χ1n) is 27.4. The first-order chi connectivity index (χ1) is 37.2. The number of aliphatic hydroxyl groups excluding tert-OH is 1. The number of nitrogens with zero attached hydrogens (tertiary/aromatic N) is 4. The predicted octanol–water partition coefficient (Wildman–Crippen LogP) is -0.918. The van der Waals surface area contributed by atoms with Gasteiger partial charge in [-0.3, -0.25) is 52.9 Å². The van der Waals surface area contributed by atoms with Crippen molar-refractivity contribution in [1.82, 2.24) is 52.3 Å². The van der Waals surface area contributed by atoms with Gasteiger partial charge in [0.15, 0.2) is 5.96 Å². The fourth-order valence-electron chi connectivity index (χ4n) is 8.70. The Balaban J connectivity index is 2.37. The van der Waals surface area contributed by atoms with Crippen molar-refractivity contribution in [2.24, 2.45) is 34.2 Å². The zero-order valence-corrected chi connectivity index (χ0v) is 47.9. The average molecular weight is 1110 g/mol. The van der Waals surface area contributed by atoms with Crippen molar-refractivity contribution in [2.75, 3.05) is 33.2 Å². The zero-order valence-electron chi connectivity index (χ0n) is 47.9. The molecule has 1 heterocycles. The summed E-state index contributed by atoms with van der Waals surface area (Å²) < 4.78 is 0. The number of rotatable bonds is 32. The standard InChI is InChI=1S/C54H88N14O11/c1-12-18-37(46(72)64-43(31(7)13-2)50(76)62-38(19-16-25-59-54(56)57)53(79)68-26-17-20-40(68)48(74)58-15-4)61-52(78)45(33(9)69)66-51(77)44(32(8)14-3)65-49(75)42(30(5)6)63-47(73)39(60-41(71)29-67(11)34(10)70)27-35-21-23-36(28-55)24-22-35/h21-24,30-33,37-40,42-45,69H,12-20,25-27,29H2,1-11H3,(H,58,74)(H,60,71)(H,61,78)(H,62,76)(H,63,73)(H,64,72)(H,65,75)(H,66,77)(H4,56,57,59)/t31-,32+,33+,37-,38-,39-,40-,42-,43-,44+,45-/m0/s1. The molecule has 0 aliphatic carbocycles. The molecule has 0 spiro atoms. The van der Waals surface area contributed by atoms with Gasteiger partial charge >= 0.3 is 0 Å². The second-order valence-electron chi connectivity index (χ2n) is 20.7. The summed E-state index contributed by atoms with van der Waals surface area (Å²) in [5.74, 6) is -8.40. The number of amides is 10. The topological polar surface area (TPSA) is 382 Å². The van der Waals surface area contributed by atoms with Crippen LogP contribution in [0.2, 0.25) is 0 Å². The number of hydrogen-bond donors (Lipinski definition) is 11. The molecule has 1 fully saturated rings. The number of carbonyl (C=O) groups excluding carboxylic acids is 10. The van der Waals surface area contributed by atoms with Crippen LogP contribution in [-0.4, -0.2) is 168 Å². The number of carbonyl (C=O) groups is 10. The Morgan fingerprint density at radius 2 is 1.24 bits per heavy atom. The lowest BCUT2D eigenvalue weighted by molar-refractivity contribution is -0.142. The molecule has 1 aromatic rings. The van der Waals surface area contributed by atoms with Crippen molar-refractivity contribution in [3.8, 4) is 6.07 Å². The molecule has 1 aliphatic rings. The summed E-state index contributed by atoms with van der Waals surface area (Å²) >= 11 is 0. The van der Waals surface area contributed by atoms with Crippen LogP contribution in [0.4, 0.5) is 0 Å². The Morgan fingerprint density at radius 3 is 1.76 bits per heavy atom. The van der Waals surface area contributed by atoms with E-state index in [1.165, 1.54) is 25.8 Å². The molecule has 1 aliphatic heterocycles. The molecule has 1 aromatic carbocycles. The van der Waals surface area contributed by atoms with Crippen LogP contribution in [0.3, 0.4) is 0 Å². The van der Waals surface area contributed by atoms with Gasteiger partial charge < -0.3 is 68.9 Å². The van der Waals surface area contributed by atoms with Crippen molar-refractivity contribution < 1.29 is 53.1 Å². The second-order valence-corrected chi connectivity index (χ2v) is 20.7. The minimum absolute atomic E-state index is 0.0528. The summed E-state index contributed by atoms with van der Waals surface area (Å²) in [6.45, 7) is 16.8. The van der Waals surface area contributed by atoms with Crippen LogP contribution < -0.4 is 54.0 Å². The number of aliphatic imine (C=N–C) groups is 1. The Bertz CT molecular complexity index is 2320. The summed E-state index contributed by atoms with van der Waals surface area (Å²) in [6, 6.07) is -1.50. The third kappa shape index (κ3) is 21.8. The lowest BCUT2D eigenvalue weighted by Crippen LogP contribution is -2.63. The first kappa shape index (κ1) is 67.7. The number of benzene rings is 1. The van der Waals surface area contributed by atoms with Crippen LogP contribution >= 0.6 is 0 Å². The van der Waals surface area contributed by atoms with Gasteiger partial charge in [0.05, 0.1) is 24.3 Å². The fraction of sp³-hybridized carbons (Fsp3) is 0.667. The van der Waals surface area contributed by atoms with Crippen molar-refractivity contribution in [3.63, 3.8) is 0 Å². The molecule has 11 atom stereocenters. The third-order valence-electron chi connectivity index (χ3n) is 13.9.